The van der Waals surface area contributed by atoms with Gasteiger partial charge in [0.15, 0.2) is 5.69 Å². The molecule has 3 amide bonds. The highest BCUT2D eigenvalue weighted by molar-refractivity contribution is 6.05. The summed E-state index contributed by atoms with van der Waals surface area (Å²) in [5.74, 6) is 0.277. The number of hydrogen-bond donors (Lipinski definition) is 2. The van der Waals surface area contributed by atoms with Gasteiger partial charge in [0.1, 0.15) is 5.82 Å². The molecular formula is C40H49N7O4. The van der Waals surface area contributed by atoms with Crippen LogP contribution in [0.1, 0.15) is 125 Å². The number of unbranched alkanes of at least 4 members (excludes halogenated alkanes) is 2. The molecular weight excluding hydrogens is 642 g/mol. The van der Waals surface area contributed by atoms with Gasteiger partial charge in [-0.25, -0.2) is 14.6 Å². The number of amides is 3. The van der Waals surface area contributed by atoms with Gasteiger partial charge < -0.3 is 20.2 Å². The van der Waals surface area contributed by atoms with Crippen LogP contribution >= 0.6 is 0 Å². The van der Waals surface area contributed by atoms with Crippen LogP contribution in [-0.4, -0.2) is 78.1 Å². The van der Waals surface area contributed by atoms with Crippen LogP contribution in [0.25, 0.3) is 5.69 Å². The monoisotopic (exact) mass is 691 g/mol. The average Bonchev–Trinajstić information content (AvgIpc) is 3.84. The highest BCUT2D eigenvalue weighted by atomic mass is 16.3. The van der Waals surface area contributed by atoms with Gasteiger partial charge in [0.25, 0.3) is 17.7 Å². The summed E-state index contributed by atoms with van der Waals surface area (Å²) in [7, 11) is 0. The fourth-order valence-corrected chi connectivity index (χ4v) is 7.16. The lowest BCUT2D eigenvalue weighted by molar-refractivity contribution is 0.0544. The maximum absolute atomic E-state index is 14.6. The number of carbonyl (C=O) groups is 3. The average molecular weight is 692 g/mol. The van der Waals surface area contributed by atoms with Crippen LogP contribution in [0.15, 0.2) is 60.9 Å². The number of benzene rings is 2. The Morgan fingerprint density at radius 1 is 0.941 bits per heavy atom. The molecule has 1 saturated carbocycles. The number of aliphatic hydroxyl groups is 1. The van der Waals surface area contributed by atoms with E-state index in [-0.39, 0.29) is 29.9 Å². The maximum atomic E-state index is 14.6. The Labute approximate surface area is 300 Å². The van der Waals surface area contributed by atoms with Gasteiger partial charge in [-0.1, -0.05) is 63.8 Å². The Morgan fingerprint density at radius 3 is 2.29 bits per heavy atom. The summed E-state index contributed by atoms with van der Waals surface area (Å²) in [5, 5.41) is 18.1. The standard InChI is InChI=1S/C40H49N7O4/c1-4-6-18-45(19-7-5-2)40(51)35-20-27(3)47(44-35)36-17-16-32(43-38(49)31-23-41-37(42-24-31)28-12-8-9-13-28)22-34(36)39(50)46-25-30-15-11-10-14-29(30)21-33(46)26-48/h10-11,14-17,20,22-24,28,33,48H,4-9,12-13,18-19,21,25-26H2,1-3H3,(H,43,49)/t33-/m0/s1. The molecule has 0 spiro atoms. The van der Waals surface area contributed by atoms with Crippen molar-refractivity contribution in [1.29, 1.82) is 0 Å². The van der Waals surface area contributed by atoms with E-state index in [1.807, 2.05) is 36.1 Å². The number of fused-ring (bicyclic) bond motifs is 1. The number of hydrogen-bond acceptors (Lipinski definition) is 7. The van der Waals surface area contributed by atoms with Crippen LogP contribution in [-0.2, 0) is 13.0 Å². The summed E-state index contributed by atoms with van der Waals surface area (Å²) in [6.07, 6.45) is 11.9. The van der Waals surface area contributed by atoms with Gasteiger partial charge in [-0.15, -0.1) is 0 Å². The number of aromatic nitrogens is 4. The SMILES string of the molecule is CCCCN(CCCC)C(=O)c1cc(C)n(-c2ccc(NC(=O)c3cnc(C4CCCC4)nc3)cc2C(=O)N2Cc3ccccc3C[C@H]2CO)n1. The summed E-state index contributed by atoms with van der Waals surface area (Å²) in [4.78, 5) is 54.2. The van der Waals surface area contributed by atoms with Crippen molar-refractivity contribution in [2.24, 2.45) is 0 Å². The second kappa shape index (κ2) is 16.4. The van der Waals surface area contributed by atoms with Gasteiger partial charge in [0, 0.05) is 49.3 Å². The topological polar surface area (TPSA) is 134 Å². The molecule has 3 heterocycles. The molecule has 1 atom stereocenters. The largest absolute Gasteiger partial charge is 0.394 e. The van der Waals surface area contributed by atoms with Crippen molar-refractivity contribution in [3.8, 4) is 5.69 Å². The van der Waals surface area contributed by atoms with Gasteiger partial charge in [-0.2, -0.15) is 5.10 Å². The summed E-state index contributed by atoms with van der Waals surface area (Å²) in [5.41, 5.74) is 4.63. The predicted octanol–water partition coefficient (Wildman–Crippen LogP) is 6.48. The van der Waals surface area contributed by atoms with E-state index in [2.05, 4.69) is 29.1 Å². The fraction of sp³-hybridized carbons (Fsp3) is 0.450. The highest BCUT2D eigenvalue weighted by Crippen LogP contribution is 2.32. The molecule has 11 heteroatoms. The second-order valence-electron chi connectivity index (χ2n) is 13.8. The second-order valence-corrected chi connectivity index (χ2v) is 13.8. The normalized spacial score (nSPS) is 15.8. The highest BCUT2D eigenvalue weighted by Gasteiger charge is 2.32. The van der Waals surface area contributed by atoms with Crippen LogP contribution in [0.4, 0.5) is 5.69 Å². The number of aliphatic hydroxyl groups excluding tert-OH is 1. The lowest BCUT2D eigenvalue weighted by Gasteiger charge is -2.36. The zero-order valence-corrected chi connectivity index (χ0v) is 30.0. The van der Waals surface area contributed by atoms with E-state index < -0.39 is 6.04 Å². The molecule has 11 nitrogen and oxygen atoms in total. The predicted molar refractivity (Wildman–Crippen MR) is 196 cm³/mol. The molecule has 2 aromatic heterocycles. The molecule has 1 aliphatic carbocycles. The van der Waals surface area contributed by atoms with E-state index in [0.29, 0.717) is 60.3 Å². The van der Waals surface area contributed by atoms with Crippen molar-refractivity contribution < 1.29 is 19.5 Å². The van der Waals surface area contributed by atoms with Crippen LogP contribution in [0, 0.1) is 6.92 Å². The molecule has 51 heavy (non-hydrogen) atoms. The number of carbonyl (C=O) groups excluding carboxylic acids is 3. The van der Waals surface area contributed by atoms with Gasteiger partial charge in [0.05, 0.1) is 29.5 Å². The molecule has 1 fully saturated rings. The molecule has 1 aliphatic heterocycles. The Balaban J connectivity index is 1.34. The van der Waals surface area contributed by atoms with Crippen molar-refractivity contribution in [3.05, 3.63) is 100 Å². The molecule has 2 N–H and O–H groups in total. The van der Waals surface area contributed by atoms with Crippen molar-refractivity contribution >= 4 is 23.4 Å². The minimum Gasteiger partial charge on any atom is -0.394 e. The van der Waals surface area contributed by atoms with E-state index in [9.17, 15) is 19.5 Å². The molecule has 0 saturated heterocycles. The van der Waals surface area contributed by atoms with Gasteiger partial charge in [0.2, 0.25) is 0 Å². The molecule has 2 aromatic carbocycles. The van der Waals surface area contributed by atoms with Crippen molar-refractivity contribution in [1.82, 2.24) is 29.5 Å². The van der Waals surface area contributed by atoms with Crippen LogP contribution in [0.5, 0.6) is 0 Å². The smallest absolute Gasteiger partial charge is 0.274 e. The molecule has 4 aromatic rings. The summed E-state index contributed by atoms with van der Waals surface area (Å²) in [6.45, 7) is 7.52. The number of nitrogens with one attached hydrogen (secondary N) is 1. The Morgan fingerprint density at radius 2 is 1.63 bits per heavy atom. The van der Waals surface area contributed by atoms with E-state index in [0.717, 1.165) is 55.5 Å². The Kier molecular flexibility index (Phi) is 11.6. The van der Waals surface area contributed by atoms with Crippen LogP contribution < -0.4 is 5.32 Å². The molecule has 0 unspecified atom stereocenters. The summed E-state index contributed by atoms with van der Waals surface area (Å²) < 4.78 is 1.63. The molecule has 268 valence electrons. The molecule has 2 aliphatic rings. The first-order chi connectivity index (χ1) is 24.8. The third-order valence-electron chi connectivity index (χ3n) is 10.2. The lowest BCUT2D eigenvalue weighted by atomic mass is 9.93. The van der Waals surface area contributed by atoms with Gasteiger partial charge in [-0.3, -0.25) is 14.4 Å². The zero-order chi connectivity index (χ0) is 35.9. The number of nitrogens with zero attached hydrogens (tertiary/aromatic N) is 6. The fourth-order valence-electron chi connectivity index (χ4n) is 7.16. The van der Waals surface area contributed by atoms with E-state index in [1.165, 1.54) is 12.8 Å². The third-order valence-corrected chi connectivity index (χ3v) is 10.2. The first-order valence-corrected chi connectivity index (χ1v) is 18.4. The van der Waals surface area contributed by atoms with Gasteiger partial charge >= 0.3 is 0 Å². The van der Waals surface area contributed by atoms with Crippen molar-refractivity contribution in [2.45, 2.75) is 97.1 Å². The van der Waals surface area contributed by atoms with Crippen molar-refractivity contribution in [3.63, 3.8) is 0 Å². The minimum atomic E-state index is -0.435. The van der Waals surface area contributed by atoms with E-state index in [4.69, 9.17) is 5.10 Å². The maximum Gasteiger partial charge on any atom is 0.274 e. The zero-order valence-electron chi connectivity index (χ0n) is 30.0. The van der Waals surface area contributed by atoms with Crippen LogP contribution in [0.2, 0.25) is 0 Å². The minimum absolute atomic E-state index is 0.135. The number of rotatable bonds is 13. The first kappa shape index (κ1) is 35.9. The summed E-state index contributed by atoms with van der Waals surface area (Å²) >= 11 is 0. The van der Waals surface area contributed by atoms with E-state index in [1.54, 1.807) is 46.2 Å². The summed E-state index contributed by atoms with van der Waals surface area (Å²) in [6, 6.07) is 14.4. The third kappa shape index (κ3) is 8.04. The van der Waals surface area contributed by atoms with Crippen LogP contribution in [0.3, 0.4) is 0 Å². The molecule has 6 rings (SSSR count). The molecule has 0 radical (unpaired) electrons. The van der Waals surface area contributed by atoms with Gasteiger partial charge in [-0.05, 0) is 74.4 Å². The molecule has 0 bridgehead atoms. The number of aryl methyl sites for hydroxylation is 1. The van der Waals surface area contributed by atoms with Crippen molar-refractivity contribution in [2.75, 3.05) is 25.0 Å². The Bertz CT molecular complexity index is 1840. The Hall–Kier alpha value is -4.90. The number of anilines is 1. The lowest BCUT2D eigenvalue weighted by Crippen LogP contribution is -2.46. The first-order valence-electron chi connectivity index (χ1n) is 18.4. The quantitative estimate of drug-likeness (QED) is 0.164. The van der Waals surface area contributed by atoms with E-state index >= 15 is 0 Å².